The van der Waals surface area contributed by atoms with Crippen molar-refractivity contribution in [2.45, 2.75) is 63.7 Å². The number of likely N-dealkylation sites (tertiary alicyclic amines) is 1. The summed E-state index contributed by atoms with van der Waals surface area (Å²) >= 11 is 0. The van der Waals surface area contributed by atoms with Crippen molar-refractivity contribution < 1.29 is 14.0 Å². The highest BCUT2D eigenvalue weighted by molar-refractivity contribution is 5.91. The summed E-state index contributed by atoms with van der Waals surface area (Å²) in [6.45, 7) is 6.31. The fourth-order valence-electron chi connectivity index (χ4n) is 5.46. The summed E-state index contributed by atoms with van der Waals surface area (Å²) in [4.78, 5) is 28.5. The van der Waals surface area contributed by atoms with Gasteiger partial charge in [0.1, 0.15) is 12.2 Å². The van der Waals surface area contributed by atoms with E-state index >= 15 is 0 Å². The number of amides is 2. The van der Waals surface area contributed by atoms with Gasteiger partial charge in [0.05, 0.1) is 12.6 Å². The number of rotatable bonds is 7. The van der Waals surface area contributed by atoms with Crippen LogP contribution in [0.4, 0.5) is 4.39 Å². The van der Waals surface area contributed by atoms with E-state index in [1.807, 2.05) is 49.4 Å². The lowest BCUT2D eigenvalue weighted by atomic mass is 9.95. The van der Waals surface area contributed by atoms with Gasteiger partial charge in [0.2, 0.25) is 11.8 Å². The van der Waals surface area contributed by atoms with Crippen LogP contribution in [0.15, 0.2) is 78.9 Å². The summed E-state index contributed by atoms with van der Waals surface area (Å²) in [5.41, 5.74) is 5.44. The summed E-state index contributed by atoms with van der Waals surface area (Å²) in [7, 11) is 0. The first-order chi connectivity index (χ1) is 17.8. The molecule has 37 heavy (non-hydrogen) atoms. The van der Waals surface area contributed by atoms with Crippen molar-refractivity contribution >= 4 is 11.8 Å². The van der Waals surface area contributed by atoms with Gasteiger partial charge >= 0.3 is 0 Å². The van der Waals surface area contributed by atoms with E-state index in [0.717, 1.165) is 23.1 Å². The van der Waals surface area contributed by atoms with Crippen LogP contribution in [-0.4, -0.2) is 35.5 Å². The van der Waals surface area contributed by atoms with Gasteiger partial charge in [-0.05, 0) is 47.4 Å². The molecule has 4 nitrogen and oxygen atoms in total. The average molecular weight is 499 g/mol. The molecule has 0 radical (unpaired) electrons. The molecule has 5 atom stereocenters. The van der Waals surface area contributed by atoms with E-state index in [2.05, 4.69) is 55.6 Å². The molecule has 3 aromatic carbocycles. The zero-order valence-corrected chi connectivity index (χ0v) is 21.7. The van der Waals surface area contributed by atoms with Gasteiger partial charge in [-0.2, -0.15) is 0 Å². The molecule has 1 N–H and O–H groups in total. The number of aryl methyl sites for hydroxylation is 1. The minimum absolute atomic E-state index is 0.0207. The summed E-state index contributed by atoms with van der Waals surface area (Å²) in [6.07, 6.45) is -0.414. The molecule has 2 fully saturated rings. The van der Waals surface area contributed by atoms with Crippen molar-refractivity contribution in [3.05, 3.63) is 107 Å². The topological polar surface area (TPSA) is 49.4 Å². The van der Waals surface area contributed by atoms with Crippen LogP contribution >= 0.6 is 0 Å². The molecule has 5 heteroatoms. The summed E-state index contributed by atoms with van der Waals surface area (Å²) in [6, 6.07) is 25.1. The first-order valence-electron chi connectivity index (χ1n) is 13.3. The van der Waals surface area contributed by atoms with Crippen LogP contribution < -0.4 is 5.32 Å². The Bertz CT molecular complexity index is 1240. The molecule has 2 amide bonds. The van der Waals surface area contributed by atoms with Crippen molar-refractivity contribution in [3.8, 4) is 0 Å². The van der Waals surface area contributed by atoms with E-state index in [1.54, 1.807) is 0 Å². The van der Waals surface area contributed by atoms with E-state index < -0.39 is 12.2 Å². The molecular weight excluding hydrogens is 463 g/mol. The Labute approximate surface area is 218 Å². The number of carbonyl (C=O) groups is 2. The molecule has 2 unspecified atom stereocenters. The first kappa shape index (κ1) is 25.2. The fourth-order valence-corrected chi connectivity index (χ4v) is 5.46. The Morgan fingerprint density at radius 2 is 1.49 bits per heavy atom. The van der Waals surface area contributed by atoms with E-state index in [4.69, 9.17) is 0 Å². The highest BCUT2D eigenvalue weighted by Crippen LogP contribution is 2.49. The van der Waals surface area contributed by atoms with Crippen LogP contribution in [0.5, 0.6) is 0 Å². The SMILES string of the molecule is Cc1ccc(C2CC2C(=O)N2C[C@H](F)C[C@H]2C(=O)N[C@@H](c2ccccc2)c2ccc(C(C)C)cc2)cc1. The molecule has 0 aromatic heterocycles. The van der Waals surface area contributed by atoms with Gasteiger partial charge in [-0.3, -0.25) is 9.59 Å². The normalized spacial score (nSPS) is 23.6. The van der Waals surface area contributed by atoms with Gasteiger partial charge in [-0.25, -0.2) is 4.39 Å². The van der Waals surface area contributed by atoms with E-state index in [9.17, 15) is 14.0 Å². The molecule has 1 saturated heterocycles. The number of halogens is 1. The maximum atomic E-state index is 14.6. The molecule has 0 bridgehead atoms. The number of hydrogen-bond donors (Lipinski definition) is 1. The molecule has 3 aromatic rings. The largest absolute Gasteiger partial charge is 0.343 e. The maximum Gasteiger partial charge on any atom is 0.243 e. The number of hydrogen-bond acceptors (Lipinski definition) is 2. The van der Waals surface area contributed by atoms with Crippen molar-refractivity contribution in [2.24, 2.45) is 5.92 Å². The standard InChI is InChI=1S/C32H35FN2O2/c1-20(2)22-13-15-25(16-14-22)30(24-7-5-4-6-8-24)34-31(36)29-17-26(33)19-35(29)32(37)28-18-27(28)23-11-9-21(3)10-12-23/h4-16,20,26-30H,17-19H2,1-3H3,(H,34,36)/t26-,27?,28?,29+,30+/m1/s1. The Morgan fingerprint density at radius 3 is 2.14 bits per heavy atom. The Hall–Kier alpha value is -3.47. The Balaban J connectivity index is 1.34. The van der Waals surface area contributed by atoms with Crippen LogP contribution in [-0.2, 0) is 9.59 Å². The lowest BCUT2D eigenvalue weighted by Crippen LogP contribution is -2.47. The zero-order chi connectivity index (χ0) is 26.1. The molecule has 2 aliphatic rings. The van der Waals surface area contributed by atoms with Crippen molar-refractivity contribution in [3.63, 3.8) is 0 Å². The summed E-state index contributed by atoms with van der Waals surface area (Å²) in [5, 5.41) is 3.15. The number of carbonyl (C=O) groups excluding carboxylic acids is 2. The molecule has 1 saturated carbocycles. The minimum atomic E-state index is -1.20. The number of benzene rings is 3. The van der Waals surface area contributed by atoms with Crippen LogP contribution in [0.25, 0.3) is 0 Å². The van der Waals surface area contributed by atoms with Gasteiger partial charge in [0.25, 0.3) is 0 Å². The van der Waals surface area contributed by atoms with Gasteiger partial charge in [-0.15, -0.1) is 0 Å². The van der Waals surface area contributed by atoms with Crippen molar-refractivity contribution in [2.75, 3.05) is 6.54 Å². The molecule has 0 spiro atoms. The smallest absolute Gasteiger partial charge is 0.243 e. The monoisotopic (exact) mass is 498 g/mol. The fraction of sp³-hybridized carbons (Fsp3) is 0.375. The predicted molar refractivity (Wildman–Crippen MR) is 144 cm³/mol. The van der Waals surface area contributed by atoms with E-state index in [-0.39, 0.29) is 42.7 Å². The minimum Gasteiger partial charge on any atom is -0.343 e. The Kier molecular flexibility index (Phi) is 7.14. The van der Waals surface area contributed by atoms with Crippen LogP contribution in [0, 0.1) is 12.8 Å². The van der Waals surface area contributed by atoms with Crippen LogP contribution in [0.2, 0.25) is 0 Å². The zero-order valence-electron chi connectivity index (χ0n) is 21.7. The number of nitrogens with one attached hydrogen (secondary N) is 1. The molecule has 1 aliphatic heterocycles. The number of nitrogens with zero attached hydrogens (tertiary/aromatic N) is 1. The summed E-state index contributed by atoms with van der Waals surface area (Å²) in [5.74, 6) is -0.0420. The quantitative estimate of drug-likeness (QED) is 0.430. The van der Waals surface area contributed by atoms with E-state index in [0.29, 0.717) is 5.92 Å². The second-order valence-electron chi connectivity index (χ2n) is 10.9. The van der Waals surface area contributed by atoms with Gasteiger partial charge in [-0.1, -0.05) is 98.3 Å². The van der Waals surface area contributed by atoms with Gasteiger partial charge in [0.15, 0.2) is 0 Å². The highest BCUT2D eigenvalue weighted by Gasteiger charge is 2.50. The lowest BCUT2D eigenvalue weighted by molar-refractivity contribution is -0.139. The third-order valence-electron chi connectivity index (χ3n) is 7.80. The molecular formula is C32H35FN2O2. The van der Waals surface area contributed by atoms with Gasteiger partial charge < -0.3 is 10.2 Å². The summed E-state index contributed by atoms with van der Waals surface area (Å²) < 4.78 is 14.6. The third-order valence-corrected chi connectivity index (χ3v) is 7.80. The lowest BCUT2D eigenvalue weighted by Gasteiger charge is -2.27. The van der Waals surface area contributed by atoms with Crippen LogP contribution in [0.3, 0.4) is 0 Å². The molecule has 1 heterocycles. The second kappa shape index (κ2) is 10.5. The average Bonchev–Trinajstić information content (AvgIpc) is 3.61. The Morgan fingerprint density at radius 1 is 0.865 bits per heavy atom. The highest BCUT2D eigenvalue weighted by atomic mass is 19.1. The van der Waals surface area contributed by atoms with E-state index in [1.165, 1.54) is 16.0 Å². The molecule has 5 rings (SSSR count). The van der Waals surface area contributed by atoms with Gasteiger partial charge in [0, 0.05) is 12.3 Å². The molecule has 1 aliphatic carbocycles. The van der Waals surface area contributed by atoms with Crippen molar-refractivity contribution in [1.82, 2.24) is 10.2 Å². The maximum absolute atomic E-state index is 14.6. The second-order valence-corrected chi connectivity index (χ2v) is 10.9. The third kappa shape index (κ3) is 5.46. The predicted octanol–water partition coefficient (Wildman–Crippen LogP) is 6.07. The number of alkyl halides is 1. The van der Waals surface area contributed by atoms with Crippen molar-refractivity contribution in [1.29, 1.82) is 0 Å². The first-order valence-corrected chi connectivity index (χ1v) is 13.3. The molecule has 192 valence electrons. The van der Waals surface area contributed by atoms with Crippen LogP contribution in [0.1, 0.15) is 72.4 Å².